The summed E-state index contributed by atoms with van der Waals surface area (Å²) in [6.07, 6.45) is 9.21. The van der Waals surface area contributed by atoms with E-state index in [1.54, 1.807) is 11.0 Å². The molecule has 0 unspecified atom stereocenters. The standard InChI is InChI=1S/C31H38BrN3O2/c1-3-5-20-34(24-29-13-10-22-33(29)23-27-14-17-28(32)18-15-27)31(37)25-35(21-6-4-2)30(36)19-16-26-11-8-7-9-12-26/h7-19,22H,3-6,20-21,23-25H2,1-2H3/b19-16+. The Bertz CT molecular complexity index is 1140. The first-order valence-corrected chi connectivity index (χ1v) is 14.0. The SMILES string of the molecule is CCCCN(CC(=O)N(CCCC)Cc1cccn1Cc1ccc(Br)cc1)C(=O)/C=C/c1ccccc1. The Labute approximate surface area is 229 Å². The van der Waals surface area contributed by atoms with E-state index in [4.69, 9.17) is 0 Å². The number of benzene rings is 2. The van der Waals surface area contributed by atoms with E-state index in [-0.39, 0.29) is 18.4 Å². The maximum atomic E-state index is 13.5. The monoisotopic (exact) mass is 563 g/mol. The number of rotatable bonds is 14. The molecule has 5 nitrogen and oxygen atoms in total. The first-order valence-electron chi connectivity index (χ1n) is 13.2. The van der Waals surface area contributed by atoms with E-state index in [9.17, 15) is 9.59 Å². The lowest BCUT2D eigenvalue weighted by Crippen LogP contribution is -2.43. The summed E-state index contributed by atoms with van der Waals surface area (Å²) in [4.78, 5) is 30.2. The fourth-order valence-corrected chi connectivity index (χ4v) is 4.35. The van der Waals surface area contributed by atoms with Crippen molar-refractivity contribution in [2.24, 2.45) is 0 Å². The molecule has 0 radical (unpaired) electrons. The Morgan fingerprint density at radius 1 is 0.865 bits per heavy atom. The number of carbonyl (C=O) groups excluding carboxylic acids is 2. The zero-order valence-corrected chi connectivity index (χ0v) is 23.6. The number of nitrogens with zero attached hydrogens (tertiary/aromatic N) is 3. The van der Waals surface area contributed by atoms with Crippen LogP contribution < -0.4 is 0 Å². The Balaban J connectivity index is 1.71. The molecule has 0 saturated carbocycles. The van der Waals surface area contributed by atoms with Gasteiger partial charge in [0, 0.05) is 42.1 Å². The fourth-order valence-electron chi connectivity index (χ4n) is 4.09. The van der Waals surface area contributed by atoms with E-state index >= 15 is 0 Å². The quantitative estimate of drug-likeness (QED) is 0.203. The van der Waals surface area contributed by atoms with Crippen LogP contribution in [0.3, 0.4) is 0 Å². The van der Waals surface area contributed by atoms with Gasteiger partial charge in [0.05, 0.1) is 6.54 Å². The molecule has 0 aliphatic rings. The molecule has 1 aromatic heterocycles. The first-order chi connectivity index (χ1) is 18.0. The van der Waals surface area contributed by atoms with Crippen LogP contribution in [0.1, 0.15) is 56.4 Å². The third-order valence-corrected chi connectivity index (χ3v) is 6.84. The second kappa shape index (κ2) is 15.2. The van der Waals surface area contributed by atoms with Gasteiger partial charge in [-0.3, -0.25) is 9.59 Å². The minimum absolute atomic E-state index is 0.0117. The summed E-state index contributed by atoms with van der Waals surface area (Å²) in [5.41, 5.74) is 3.25. The van der Waals surface area contributed by atoms with Gasteiger partial charge in [0.1, 0.15) is 6.54 Å². The van der Waals surface area contributed by atoms with Crippen molar-refractivity contribution >= 4 is 33.8 Å². The van der Waals surface area contributed by atoms with Gasteiger partial charge in [-0.25, -0.2) is 0 Å². The number of hydrogen-bond acceptors (Lipinski definition) is 2. The van der Waals surface area contributed by atoms with Gasteiger partial charge in [-0.05, 0) is 54.3 Å². The number of amides is 2. The minimum Gasteiger partial charge on any atom is -0.345 e. The van der Waals surface area contributed by atoms with Crippen LogP contribution in [0.2, 0.25) is 0 Å². The van der Waals surface area contributed by atoms with Crippen molar-refractivity contribution in [3.63, 3.8) is 0 Å². The average Bonchev–Trinajstić information content (AvgIpc) is 3.35. The zero-order valence-electron chi connectivity index (χ0n) is 22.0. The van der Waals surface area contributed by atoms with Crippen LogP contribution >= 0.6 is 15.9 Å². The van der Waals surface area contributed by atoms with Crippen molar-refractivity contribution in [1.82, 2.24) is 14.4 Å². The number of halogens is 1. The molecule has 3 aromatic rings. The maximum absolute atomic E-state index is 13.5. The summed E-state index contributed by atoms with van der Waals surface area (Å²) >= 11 is 3.49. The molecule has 6 heteroatoms. The lowest BCUT2D eigenvalue weighted by atomic mass is 10.2. The molecule has 0 aliphatic carbocycles. The Kier molecular flexibility index (Phi) is 11.7. The van der Waals surface area contributed by atoms with Gasteiger partial charge in [-0.15, -0.1) is 0 Å². The lowest BCUT2D eigenvalue weighted by Gasteiger charge is -2.27. The van der Waals surface area contributed by atoms with Gasteiger partial charge in [0.25, 0.3) is 0 Å². The smallest absolute Gasteiger partial charge is 0.247 e. The van der Waals surface area contributed by atoms with E-state index in [0.29, 0.717) is 19.6 Å². The third kappa shape index (κ3) is 9.36. The van der Waals surface area contributed by atoms with Crippen molar-refractivity contribution in [3.05, 3.63) is 100 Å². The van der Waals surface area contributed by atoms with Crippen molar-refractivity contribution in [2.45, 2.75) is 52.6 Å². The molecule has 0 fully saturated rings. The van der Waals surface area contributed by atoms with Crippen LogP contribution in [0.5, 0.6) is 0 Å². The summed E-state index contributed by atoms with van der Waals surface area (Å²) < 4.78 is 3.25. The van der Waals surface area contributed by atoms with Crippen LogP contribution in [-0.2, 0) is 22.7 Å². The summed E-state index contributed by atoms with van der Waals surface area (Å²) in [6, 6.07) is 22.2. The van der Waals surface area contributed by atoms with E-state index in [0.717, 1.165) is 48.0 Å². The van der Waals surface area contributed by atoms with Crippen molar-refractivity contribution in [2.75, 3.05) is 19.6 Å². The summed E-state index contributed by atoms with van der Waals surface area (Å²) in [5.74, 6) is -0.137. The zero-order chi connectivity index (χ0) is 26.5. The van der Waals surface area contributed by atoms with Crippen LogP contribution in [0.15, 0.2) is 83.5 Å². The largest absolute Gasteiger partial charge is 0.345 e. The number of hydrogen-bond donors (Lipinski definition) is 0. The molecule has 0 aliphatic heterocycles. The highest BCUT2D eigenvalue weighted by Crippen LogP contribution is 2.15. The maximum Gasteiger partial charge on any atom is 0.247 e. The van der Waals surface area contributed by atoms with Crippen molar-refractivity contribution < 1.29 is 9.59 Å². The van der Waals surface area contributed by atoms with Crippen LogP contribution in [0, 0.1) is 0 Å². The number of aromatic nitrogens is 1. The van der Waals surface area contributed by atoms with E-state index in [1.807, 2.05) is 59.5 Å². The summed E-state index contributed by atoms with van der Waals surface area (Å²) in [7, 11) is 0. The van der Waals surface area contributed by atoms with Gasteiger partial charge in [0.2, 0.25) is 11.8 Å². The van der Waals surface area contributed by atoms with Crippen LogP contribution in [0.4, 0.5) is 0 Å². The average molecular weight is 565 g/mol. The molecule has 0 spiro atoms. The minimum atomic E-state index is -0.125. The molecule has 2 amide bonds. The molecular weight excluding hydrogens is 526 g/mol. The second-order valence-electron chi connectivity index (χ2n) is 9.28. The highest BCUT2D eigenvalue weighted by molar-refractivity contribution is 9.10. The molecule has 0 N–H and O–H groups in total. The molecule has 0 atom stereocenters. The van der Waals surface area contributed by atoms with Gasteiger partial charge in [-0.1, -0.05) is 85.1 Å². The molecule has 0 bridgehead atoms. The lowest BCUT2D eigenvalue weighted by molar-refractivity contribution is -0.138. The molecule has 3 rings (SSSR count). The molecule has 1 heterocycles. The predicted molar refractivity (Wildman–Crippen MR) is 155 cm³/mol. The Hall–Kier alpha value is -3.12. The molecule has 0 saturated heterocycles. The van der Waals surface area contributed by atoms with Gasteiger partial charge < -0.3 is 14.4 Å². The molecular formula is C31H38BrN3O2. The third-order valence-electron chi connectivity index (χ3n) is 6.31. The van der Waals surface area contributed by atoms with E-state index in [1.165, 1.54) is 5.56 Å². The summed E-state index contributed by atoms with van der Waals surface area (Å²) in [5, 5.41) is 0. The highest BCUT2D eigenvalue weighted by Gasteiger charge is 2.21. The summed E-state index contributed by atoms with van der Waals surface area (Å²) in [6.45, 7) is 6.84. The van der Waals surface area contributed by atoms with Crippen LogP contribution in [-0.4, -0.2) is 45.8 Å². The number of unbranched alkanes of at least 4 members (excludes halogenated alkanes) is 2. The first kappa shape index (κ1) is 28.5. The molecule has 196 valence electrons. The van der Waals surface area contributed by atoms with Gasteiger partial charge >= 0.3 is 0 Å². The molecule has 37 heavy (non-hydrogen) atoms. The Morgan fingerprint density at radius 3 is 2.22 bits per heavy atom. The topological polar surface area (TPSA) is 45.6 Å². The highest BCUT2D eigenvalue weighted by atomic mass is 79.9. The van der Waals surface area contributed by atoms with Crippen LogP contribution in [0.25, 0.3) is 6.08 Å². The normalized spacial score (nSPS) is 11.1. The number of carbonyl (C=O) groups is 2. The van der Waals surface area contributed by atoms with Crippen molar-refractivity contribution in [1.29, 1.82) is 0 Å². The van der Waals surface area contributed by atoms with E-state index in [2.05, 4.69) is 58.7 Å². The van der Waals surface area contributed by atoms with Gasteiger partial charge in [-0.2, -0.15) is 0 Å². The predicted octanol–water partition coefficient (Wildman–Crippen LogP) is 6.77. The van der Waals surface area contributed by atoms with E-state index < -0.39 is 0 Å². The molecule has 2 aromatic carbocycles. The second-order valence-corrected chi connectivity index (χ2v) is 10.2. The Morgan fingerprint density at radius 2 is 1.54 bits per heavy atom. The fraction of sp³-hybridized carbons (Fsp3) is 0.355. The van der Waals surface area contributed by atoms with Gasteiger partial charge in [0.15, 0.2) is 0 Å². The van der Waals surface area contributed by atoms with Crippen molar-refractivity contribution in [3.8, 4) is 0 Å².